The summed E-state index contributed by atoms with van der Waals surface area (Å²) in [4.78, 5) is 2.09. The lowest BCUT2D eigenvalue weighted by Crippen LogP contribution is -2.18. The Morgan fingerprint density at radius 1 is 1.13 bits per heavy atom. The molecule has 84 valence electrons. The van der Waals surface area contributed by atoms with Crippen LogP contribution in [-0.4, -0.2) is 25.3 Å². The van der Waals surface area contributed by atoms with Crippen molar-refractivity contribution in [2.75, 3.05) is 25.1 Å². The average Bonchev–Trinajstić information content (AvgIpc) is 2.25. The van der Waals surface area contributed by atoms with Gasteiger partial charge >= 0.3 is 0 Å². The van der Waals surface area contributed by atoms with Crippen LogP contribution >= 0.6 is 0 Å². The molecule has 0 saturated heterocycles. The molecule has 0 amide bonds. The van der Waals surface area contributed by atoms with E-state index in [0.717, 1.165) is 31.5 Å². The summed E-state index contributed by atoms with van der Waals surface area (Å²) in [5, 5.41) is 8.62. The molecular formula is C12H18FNO. The highest BCUT2D eigenvalue weighted by Crippen LogP contribution is 2.13. The quantitative estimate of drug-likeness (QED) is 0.730. The first kappa shape index (κ1) is 12.0. The van der Waals surface area contributed by atoms with Crippen molar-refractivity contribution in [2.45, 2.75) is 19.3 Å². The molecule has 0 unspecified atom stereocenters. The van der Waals surface area contributed by atoms with Crippen molar-refractivity contribution >= 4 is 5.69 Å². The van der Waals surface area contributed by atoms with Gasteiger partial charge in [-0.1, -0.05) is 0 Å². The molecule has 0 bridgehead atoms. The second kappa shape index (κ2) is 6.40. The molecule has 0 fully saturated rings. The standard InChI is InChI=1S/C12H18FNO/c1-14(9-3-2-4-10-15)12-7-5-11(13)6-8-12/h5-8,15H,2-4,9-10H2,1H3. The summed E-state index contributed by atoms with van der Waals surface area (Å²) in [6.07, 6.45) is 2.94. The highest BCUT2D eigenvalue weighted by atomic mass is 19.1. The van der Waals surface area contributed by atoms with Crippen LogP contribution in [0.25, 0.3) is 0 Å². The Morgan fingerprint density at radius 2 is 1.80 bits per heavy atom. The molecule has 1 N–H and O–H groups in total. The third-order valence-corrected chi connectivity index (χ3v) is 2.42. The summed E-state index contributed by atoms with van der Waals surface area (Å²) >= 11 is 0. The zero-order chi connectivity index (χ0) is 11.1. The summed E-state index contributed by atoms with van der Waals surface area (Å²) in [5.74, 6) is -0.201. The van der Waals surface area contributed by atoms with Crippen LogP contribution < -0.4 is 4.90 Å². The zero-order valence-corrected chi connectivity index (χ0v) is 9.12. The number of rotatable bonds is 6. The van der Waals surface area contributed by atoms with Crippen molar-refractivity contribution in [3.05, 3.63) is 30.1 Å². The highest BCUT2D eigenvalue weighted by molar-refractivity contribution is 5.45. The topological polar surface area (TPSA) is 23.5 Å². The summed E-state index contributed by atoms with van der Waals surface area (Å²) in [5.41, 5.74) is 1.03. The average molecular weight is 211 g/mol. The van der Waals surface area contributed by atoms with Crippen molar-refractivity contribution in [2.24, 2.45) is 0 Å². The van der Waals surface area contributed by atoms with Gasteiger partial charge in [-0.25, -0.2) is 4.39 Å². The zero-order valence-electron chi connectivity index (χ0n) is 9.12. The van der Waals surface area contributed by atoms with Gasteiger partial charge in [0.25, 0.3) is 0 Å². The molecule has 0 saturated carbocycles. The number of aliphatic hydroxyl groups is 1. The van der Waals surface area contributed by atoms with E-state index in [4.69, 9.17) is 5.11 Å². The van der Waals surface area contributed by atoms with Gasteiger partial charge in [-0.3, -0.25) is 0 Å². The molecule has 0 atom stereocenters. The first-order valence-corrected chi connectivity index (χ1v) is 5.31. The second-order valence-electron chi connectivity index (χ2n) is 3.68. The first-order chi connectivity index (χ1) is 7.24. The Morgan fingerprint density at radius 3 is 2.40 bits per heavy atom. The van der Waals surface area contributed by atoms with Gasteiger partial charge in [0.1, 0.15) is 5.82 Å². The predicted octanol–water partition coefficient (Wildman–Crippen LogP) is 2.42. The van der Waals surface area contributed by atoms with Crippen LogP contribution in [0.3, 0.4) is 0 Å². The number of hydrogen-bond acceptors (Lipinski definition) is 2. The maximum absolute atomic E-state index is 12.7. The normalized spacial score (nSPS) is 10.3. The van der Waals surface area contributed by atoms with E-state index in [1.807, 2.05) is 7.05 Å². The van der Waals surface area contributed by atoms with Crippen LogP contribution in [0.2, 0.25) is 0 Å². The number of unbranched alkanes of at least 4 members (excludes halogenated alkanes) is 2. The first-order valence-electron chi connectivity index (χ1n) is 5.31. The van der Waals surface area contributed by atoms with Crippen molar-refractivity contribution < 1.29 is 9.50 Å². The van der Waals surface area contributed by atoms with Crippen molar-refractivity contribution in [3.8, 4) is 0 Å². The molecule has 0 aliphatic rings. The van der Waals surface area contributed by atoms with Gasteiger partial charge in [-0.15, -0.1) is 0 Å². The minimum atomic E-state index is -0.201. The Hall–Kier alpha value is -1.09. The van der Waals surface area contributed by atoms with Gasteiger partial charge in [0.2, 0.25) is 0 Å². The van der Waals surface area contributed by atoms with Crippen LogP contribution in [-0.2, 0) is 0 Å². The number of aliphatic hydroxyl groups excluding tert-OH is 1. The van der Waals surface area contributed by atoms with E-state index in [1.54, 1.807) is 12.1 Å². The molecular weight excluding hydrogens is 193 g/mol. The molecule has 0 aliphatic heterocycles. The van der Waals surface area contributed by atoms with Gasteiger partial charge in [0, 0.05) is 25.9 Å². The molecule has 0 aliphatic carbocycles. The second-order valence-corrected chi connectivity index (χ2v) is 3.68. The molecule has 0 spiro atoms. The lowest BCUT2D eigenvalue weighted by Gasteiger charge is -2.18. The van der Waals surface area contributed by atoms with Crippen molar-refractivity contribution in [3.63, 3.8) is 0 Å². The number of anilines is 1. The number of benzene rings is 1. The van der Waals surface area contributed by atoms with E-state index >= 15 is 0 Å². The molecule has 0 radical (unpaired) electrons. The highest BCUT2D eigenvalue weighted by Gasteiger charge is 2.00. The Kier molecular flexibility index (Phi) is 5.12. The SMILES string of the molecule is CN(CCCCCO)c1ccc(F)cc1. The van der Waals surface area contributed by atoms with Gasteiger partial charge in [0.05, 0.1) is 0 Å². The van der Waals surface area contributed by atoms with Gasteiger partial charge in [0.15, 0.2) is 0 Å². The van der Waals surface area contributed by atoms with E-state index in [1.165, 1.54) is 12.1 Å². The Bertz CT molecular complexity index is 273. The summed E-state index contributed by atoms with van der Waals surface area (Å²) in [6, 6.07) is 6.50. The number of nitrogens with zero attached hydrogens (tertiary/aromatic N) is 1. The predicted molar refractivity (Wildman–Crippen MR) is 60.6 cm³/mol. The maximum Gasteiger partial charge on any atom is 0.123 e. The molecule has 15 heavy (non-hydrogen) atoms. The summed E-state index contributed by atoms with van der Waals surface area (Å²) < 4.78 is 12.7. The van der Waals surface area contributed by atoms with Crippen LogP contribution in [0.15, 0.2) is 24.3 Å². The molecule has 1 aromatic rings. The van der Waals surface area contributed by atoms with E-state index in [2.05, 4.69) is 4.90 Å². The number of halogens is 1. The van der Waals surface area contributed by atoms with Crippen molar-refractivity contribution in [1.29, 1.82) is 0 Å². The fraction of sp³-hybridized carbons (Fsp3) is 0.500. The minimum absolute atomic E-state index is 0.201. The van der Waals surface area contributed by atoms with E-state index in [9.17, 15) is 4.39 Å². The molecule has 0 aromatic heterocycles. The van der Waals surface area contributed by atoms with Crippen molar-refractivity contribution in [1.82, 2.24) is 0 Å². The molecule has 0 heterocycles. The molecule has 2 nitrogen and oxygen atoms in total. The molecule has 3 heteroatoms. The third kappa shape index (κ3) is 4.30. The van der Waals surface area contributed by atoms with Crippen LogP contribution in [0.1, 0.15) is 19.3 Å². The molecule has 1 aromatic carbocycles. The van der Waals surface area contributed by atoms with Gasteiger partial charge < -0.3 is 10.0 Å². The largest absolute Gasteiger partial charge is 0.396 e. The maximum atomic E-state index is 12.7. The van der Waals surface area contributed by atoms with E-state index in [-0.39, 0.29) is 12.4 Å². The summed E-state index contributed by atoms with van der Waals surface area (Å²) in [6.45, 7) is 1.20. The number of hydrogen-bond donors (Lipinski definition) is 1. The van der Waals surface area contributed by atoms with Crippen LogP contribution in [0.5, 0.6) is 0 Å². The fourth-order valence-electron chi connectivity index (χ4n) is 1.46. The Balaban J connectivity index is 2.33. The fourth-order valence-corrected chi connectivity index (χ4v) is 1.46. The lowest BCUT2D eigenvalue weighted by molar-refractivity contribution is 0.283. The van der Waals surface area contributed by atoms with E-state index in [0.29, 0.717) is 0 Å². The van der Waals surface area contributed by atoms with E-state index < -0.39 is 0 Å². The smallest absolute Gasteiger partial charge is 0.123 e. The minimum Gasteiger partial charge on any atom is -0.396 e. The summed E-state index contributed by atoms with van der Waals surface area (Å²) in [7, 11) is 1.99. The third-order valence-electron chi connectivity index (χ3n) is 2.42. The monoisotopic (exact) mass is 211 g/mol. The molecule has 1 rings (SSSR count). The van der Waals surface area contributed by atoms with Gasteiger partial charge in [-0.2, -0.15) is 0 Å². The van der Waals surface area contributed by atoms with Gasteiger partial charge in [-0.05, 0) is 43.5 Å². The van der Waals surface area contributed by atoms with Crippen LogP contribution in [0.4, 0.5) is 10.1 Å². The lowest BCUT2D eigenvalue weighted by atomic mass is 10.2. The Labute approximate surface area is 90.3 Å². The van der Waals surface area contributed by atoms with Crippen LogP contribution in [0, 0.1) is 5.82 Å².